The van der Waals surface area contributed by atoms with Crippen molar-refractivity contribution in [2.45, 2.75) is 19.3 Å². The first-order chi connectivity index (χ1) is 23.5. The first kappa shape index (κ1) is 32.3. The van der Waals surface area contributed by atoms with Crippen LogP contribution in [0.25, 0.3) is 38.2 Å². The van der Waals surface area contributed by atoms with Crippen LogP contribution in [-0.4, -0.2) is 96.2 Å². The van der Waals surface area contributed by atoms with Gasteiger partial charge in [0.05, 0.1) is 12.8 Å². The number of methoxy groups -OCH3 is 1. The number of nitrogen functional groups attached to an aromatic ring is 1. The number of para-hydroxylation sites is 1. The molecule has 2 fully saturated rings. The average Bonchev–Trinajstić information content (AvgIpc) is 3.72. The molecule has 7 rings (SSSR count). The van der Waals surface area contributed by atoms with Gasteiger partial charge in [0.15, 0.2) is 0 Å². The molecule has 0 aliphatic carbocycles. The fraction of sp³-hybridized carbons (Fsp3) is 0.368. The number of thiophene rings is 1. The summed E-state index contributed by atoms with van der Waals surface area (Å²) in [5.74, 6) is 0.889. The number of nitrogens with zero attached hydrogens (tertiary/aromatic N) is 5. The van der Waals surface area contributed by atoms with Crippen LogP contribution in [0.4, 0.5) is 11.5 Å². The fourth-order valence-corrected chi connectivity index (χ4v) is 8.14. The van der Waals surface area contributed by atoms with Gasteiger partial charge in [0.2, 0.25) is 0 Å². The van der Waals surface area contributed by atoms with Gasteiger partial charge in [-0.1, -0.05) is 42.8 Å². The number of rotatable bonds is 10. The van der Waals surface area contributed by atoms with E-state index in [-0.39, 0.29) is 5.91 Å². The standard InChI is InChI=1S/C38H45N7O2S/c1-42-32-11-5-4-9-28(32)23-33(42)38(46)41-31-13-12-27(24-34(31)47-2)30-26-48-36-29(25-40-37(39)35(30)36)10-8-16-44-18-21-45(22-19-44)20-17-43-14-6-3-7-15-43/h4-5,8-13,23-26H,3,6-7,14-22H2,1-2H3,(H2,39,40)(H,41,46)/b10-8+. The molecule has 0 unspecified atom stereocenters. The van der Waals surface area contributed by atoms with E-state index in [0.29, 0.717) is 22.9 Å². The zero-order valence-electron chi connectivity index (χ0n) is 28.0. The van der Waals surface area contributed by atoms with E-state index in [9.17, 15) is 4.79 Å². The van der Waals surface area contributed by atoms with Crippen LogP contribution in [0.15, 0.2) is 66.2 Å². The minimum atomic E-state index is -0.194. The topological polar surface area (TPSA) is 91.9 Å². The maximum Gasteiger partial charge on any atom is 0.272 e. The van der Waals surface area contributed by atoms with Gasteiger partial charge in [0.25, 0.3) is 5.91 Å². The Hall–Kier alpha value is -4.22. The number of fused-ring (bicyclic) bond motifs is 2. The molecule has 250 valence electrons. The number of benzene rings is 2. The Labute approximate surface area is 286 Å². The molecule has 2 aromatic carbocycles. The Kier molecular flexibility index (Phi) is 9.76. The lowest BCUT2D eigenvalue weighted by atomic mass is 10.0. The number of nitrogens with two attached hydrogens (primary N) is 1. The number of piperidine rings is 1. The van der Waals surface area contributed by atoms with E-state index >= 15 is 0 Å². The van der Waals surface area contributed by atoms with Crippen molar-refractivity contribution in [3.05, 3.63) is 77.4 Å². The minimum Gasteiger partial charge on any atom is -0.495 e. The van der Waals surface area contributed by atoms with E-state index < -0.39 is 0 Å². The van der Waals surface area contributed by atoms with Crippen LogP contribution in [0.5, 0.6) is 5.75 Å². The first-order valence-electron chi connectivity index (χ1n) is 17.0. The Morgan fingerprint density at radius 3 is 2.50 bits per heavy atom. The average molecular weight is 664 g/mol. The summed E-state index contributed by atoms with van der Waals surface area (Å²) in [7, 11) is 3.52. The van der Waals surface area contributed by atoms with E-state index in [0.717, 1.165) is 70.4 Å². The van der Waals surface area contributed by atoms with Crippen LogP contribution in [0.3, 0.4) is 0 Å². The van der Waals surface area contributed by atoms with Crippen molar-refractivity contribution in [1.82, 2.24) is 24.3 Å². The number of likely N-dealkylation sites (tertiary alicyclic amines) is 1. The van der Waals surface area contributed by atoms with Gasteiger partial charge in [-0.05, 0) is 61.1 Å². The van der Waals surface area contributed by atoms with Crippen LogP contribution in [-0.2, 0) is 7.05 Å². The molecule has 3 N–H and O–H groups in total. The highest BCUT2D eigenvalue weighted by Gasteiger charge is 2.20. The molecule has 5 aromatic rings. The summed E-state index contributed by atoms with van der Waals surface area (Å²) in [4.78, 5) is 25.7. The molecule has 0 atom stereocenters. The molecule has 10 heteroatoms. The van der Waals surface area contributed by atoms with E-state index in [1.54, 1.807) is 18.4 Å². The summed E-state index contributed by atoms with van der Waals surface area (Å²) >= 11 is 1.67. The van der Waals surface area contributed by atoms with Crippen LogP contribution in [0, 0.1) is 0 Å². The second-order valence-corrected chi connectivity index (χ2v) is 13.8. The van der Waals surface area contributed by atoms with Gasteiger partial charge in [-0.3, -0.25) is 14.6 Å². The third-order valence-corrected chi connectivity index (χ3v) is 10.9. The van der Waals surface area contributed by atoms with Crippen molar-refractivity contribution in [3.8, 4) is 16.9 Å². The largest absolute Gasteiger partial charge is 0.495 e. The number of aromatic nitrogens is 2. The summed E-state index contributed by atoms with van der Waals surface area (Å²) in [5, 5.41) is 7.14. The molecular formula is C38H45N7O2S. The lowest BCUT2D eigenvalue weighted by Crippen LogP contribution is -2.48. The number of ether oxygens (including phenoxy) is 1. The van der Waals surface area contributed by atoms with Crippen LogP contribution in [0.1, 0.15) is 35.3 Å². The molecule has 3 aromatic heterocycles. The van der Waals surface area contributed by atoms with Crippen LogP contribution < -0.4 is 15.8 Å². The van der Waals surface area contributed by atoms with Crippen molar-refractivity contribution in [2.75, 3.05) is 77.1 Å². The summed E-state index contributed by atoms with van der Waals surface area (Å²) < 4.78 is 8.77. The van der Waals surface area contributed by atoms with E-state index in [1.807, 2.05) is 66.3 Å². The molecule has 48 heavy (non-hydrogen) atoms. The number of aryl methyl sites for hydroxylation is 1. The number of carbonyl (C=O) groups is 1. The van der Waals surface area contributed by atoms with Crippen molar-refractivity contribution >= 4 is 55.8 Å². The second-order valence-electron chi connectivity index (χ2n) is 12.9. The molecule has 2 saturated heterocycles. The van der Waals surface area contributed by atoms with E-state index in [2.05, 4.69) is 42.5 Å². The number of carbonyl (C=O) groups excluding carboxylic acids is 1. The van der Waals surface area contributed by atoms with Crippen LogP contribution in [0.2, 0.25) is 0 Å². The molecule has 1 amide bonds. The van der Waals surface area contributed by atoms with Gasteiger partial charge in [0, 0.05) is 91.2 Å². The van der Waals surface area contributed by atoms with Crippen molar-refractivity contribution in [2.24, 2.45) is 7.05 Å². The summed E-state index contributed by atoms with van der Waals surface area (Å²) in [6, 6.07) is 15.7. The number of pyridine rings is 1. The molecule has 0 saturated carbocycles. The quantitative estimate of drug-likeness (QED) is 0.178. The molecule has 5 heterocycles. The molecule has 0 bridgehead atoms. The monoisotopic (exact) mass is 663 g/mol. The maximum atomic E-state index is 13.3. The van der Waals surface area contributed by atoms with Gasteiger partial charge in [0.1, 0.15) is 17.3 Å². The molecule has 9 nitrogen and oxygen atoms in total. The zero-order valence-corrected chi connectivity index (χ0v) is 28.8. The predicted molar refractivity (Wildman–Crippen MR) is 199 cm³/mol. The van der Waals surface area contributed by atoms with Gasteiger partial charge in [-0.2, -0.15) is 0 Å². The van der Waals surface area contributed by atoms with E-state index in [4.69, 9.17) is 10.5 Å². The Balaban J connectivity index is 1.01. The van der Waals surface area contributed by atoms with E-state index in [1.165, 1.54) is 45.4 Å². The number of hydrogen-bond acceptors (Lipinski definition) is 8. The van der Waals surface area contributed by atoms with Gasteiger partial charge in [-0.15, -0.1) is 11.3 Å². The smallest absolute Gasteiger partial charge is 0.272 e. The Morgan fingerprint density at radius 2 is 1.73 bits per heavy atom. The lowest BCUT2D eigenvalue weighted by molar-refractivity contribution is 0.101. The minimum absolute atomic E-state index is 0.194. The first-order valence-corrected chi connectivity index (χ1v) is 17.9. The number of piperazine rings is 1. The highest BCUT2D eigenvalue weighted by atomic mass is 32.1. The highest BCUT2D eigenvalue weighted by molar-refractivity contribution is 7.18. The normalized spacial score (nSPS) is 16.7. The van der Waals surface area contributed by atoms with Crippen molar-refractivity contribution in [1.29, 1.82) is 0 Å². The Bertz CT molecular complexity index is 1930. The number of amides is 1. The van der Waals surface area contributed by atoms with Gasteiger partial charge >= 0.3 is 0 Å². The summed E-state index contributed by atoms with van der Waals surface area (Å²) in [5.41, 5.74) is 11.7. The molecule has 0 spiro atoms. The SMILES string of the molecule is COc1cc(-c2csc3c(/C=C/CN4CCN(CCN5CCCCC5)CC4)cnc(N)c23)ccc1NC(=O)c1cc2ccccc2n1C. The summed E-state index contributed by atoms with van der Waals surface area (Å²) in [6.45, 7) is 10.3. The zero-order chi connectivity index (χ0) is 33.0. The third kappa shape index (κ3) is 6.84. The van der Waals surface area contributed by atoms with Gasteiger partial charge in [-0.25, -0.2) is 4.98 Å². The van der Waals surface area contributed by atoms with Crippen molar-refractivity contribution in [3.63, 3.8) is 0 Å². The third-order valence-electron chi connectivity index (χ3n) is 9.90. The molecule has 2 aliphatic rings. The lowest BCUT2D eigenvalue weighted by Gasteiger charge is -2.36. The van der Waals surface area contributed by atoms with Crippen LogP contribution >= 0.6 is 11.3 Å². The molecule has 2 aliphatic heterocycles. The number of hydrogen-bond donors (Lipinski definition) is 2. The second kappa shape index (κ2) is 14.5. The fourth-order valence-electron chi connectivity index (χ4n) is 7.06. The summed E-state index contributed by atoms with van der Waals surface area (Å²) in [6.07, 6.45) is 10.4. The number of anilines is 2. The predicted octanol–water partition coefficient (Wildman–Crippen LogP) is 6.41. The maximum absolute atomic E-state index is 13.3. The molecular weight excluding hydrogens is 619 g/mol. The highest BCUT2D eigenvalue weighted by Crippen LogP contribution is 2.41. The number of nitrogens with one attached hydrogen (secondary N) is 1. The molecule has 0 radical (unpaired) electrons. The Morgan fingerprint density at radius 1 is 0.979 bits per heavy atom. The van der Waals surface area contributed by atoms with Crippen molar-refractivity contribution < 1.29 is 9.53 Å². The van der Waals surface area contributed by atoms with Gasteiger partial charge < -0.3 is 25.3 Å².